The minimum atomic E-state index is -3.19. The molecular formula is C17H18BrN2O6P. The average Bonchev–Trinajstić information content (AvgIpc) is 2.69. The molecule has 0 fully saturated rings. The van der Waals surface area contributed by atoms with Gasteiger partial charge in [0.2, 0.25) is 0 Å². The van der Waals surface area contributed by atoms with Crippen molar-refractivity contribution in [3.05, 3.63) is 79.6 Å². The molecule has 144 valence electrons. The Bertz CT molecular complexity index is 1000. The molecule has 0 bridgehead atoms. The second-order valence-electron chi connectivity index (χ2n) is 5.35. The van der Waals surface area contributed by atoms with E-state index in [1.807, 2.05) is 0 Å². The highest BCUT2D eigenvalue weighted by molar-refractivity contribution is 9.10. The van der Waals surface area contributed by atoms with Gasteiger partial charge in [0.05, 0.1) is 10.6 Å². The Morgan fingerprint density at radius 2 is 1.78 bits per heavy atom. The first-order chi connectivity index (χ1) is 12.8. The molecule has 8 nitrogen and oxygen atoms in total. The Hall–Kier alpha value is -2.06. The summed E-state index contributed by atoms with van der Waals surface area (Å²) in [5, 5.41) is 0. The van der Waals surface area contributed by atoms with Crippen molar-refractivity contribution >= 4 is 29.4 Å². The van der Waals surface area contributed by atoms with E-state index in [4.69, 9.17) is 9.05 Å². The maximum atomic E-state index is 12.6. The molecule has 0 saturated heterocycles. The van der Waals surface area contributed by atoms with Crippen LogP contribution in [0.5, 0.6) is 0 Å². The molecule has 0 aliphatic heterocycles. The van der Waals surface area contributed by atoms with Crippen LogP contribution in [0.15, 0.2) is 62.7 Å². The quantitative estimate of drug-likeness (QED) is 0.469. The Morgan fingerprint density at radius 3 is 2.37 bits per heavy atom. The maximum Gasteiger partial charge on any atom is 0.338 e. The van der Waals surface area contributed by atoms with Crippen LogP contribution in [-0.2, 0) is 20.2 Å². The van der Waals surface area contributed by atoms with E-state index in [-0.39, 0.29) is 22.7 Å². The van der Waals surface area contributed by atoms with Crippen LogP contribution >= 0.6 is 23.5 Å². The predicted octanol–water partition coefficient (Wildman–Crippen LogP) is 2.50. The number of allylic oxidation sites excluding steroid dienone is 2. The Balaban J connectivity index is 2.34. The molecule has 1 aromatic heterocycles. The van der Waals surface area contributed by atoms with Crippen LogP contribution in [0.3, 0.4) is 0 Å². The van der Waals surface area contributed by atoms with Gasteiger partial charge in [0.25, 0.3) is 11.5 Å². The highest BCUT2D eigenvalue weighted by atomic mass is 79.9. The highest BCUT2D eigenvalue weighted by Crippen LogP contribution is 2.46. The van der Waals surface area contributed by atoms with Crippen LogP contribution in [0.4, 0.5) is 0 Å². The van der Waals surface area contributed by atoms with Crippen molar-refractivity contribution in [1.29, 1.82) is 0 Å². The lowest BCUT2D eigenvalue weighted by Crippen LogP contribution is -2.43. The average molecular weight is 457 g/mol. The summed E-state index contributed by atoms with van der Waals surface area (Å²) in [6, 6.07) is 8.05. The van der Waals surface area contributed by atoms with Crippen molar-refractivity contribution in [1.82, 2.24) is 9.13 Å². The molecule has 1 aromatic carbocycles. The summed E-state index contributed by atoms with van der Waals surface area (Å²) in [5.41, 5.74) is -1.29. The predicted molar refractivity (Wildman–Crippen MR) is 104 cm³/mol. The number of hydrogen-bond acceptors (Lipinski definition) is 6. The number of nitrogens with zero attached hydrogens (tertiary/aromatic N) is 2. The number of carbonyl (C=O) groups excluding carboxylic acids is 1. The standard InChI is InChI=1S/C17H18BrN2O6P/c1-25-27(24,26-2)11-7-6-10-19-12-14(18)16(22)20(17(19)23)15(21)13-8-4-3-5-9-13/h3-9,12H,10-11H2,1-2H3/b7-6+. The minimum absolute atomic E-state index is 0.0263. The van der Waals surface area contributed by atoms with Crippen LogP contribution in [-0.4, -0.2) is 35.4 Å². The van der Waals surface area contributed by atoms with E-state index < -0.39 is 24.8 Å². The highest BCUT2D eigenvalue weighted by Gasteiger charge is 2.19. The summed E-state index contributed by atoms with van der Waals surface area (Å²) in [5.74, 6) is -0.715. The molecule has 0 N–H and O–H groups in total. The lowest BCUT2D eigenvalue weighted by atomic mass is 10.2. The van der Waals surface area contributed by atoms with Crippen molar-refractivity contribution in [3.63, 3.8) is 0 Å². The zero-order chi connectivity index (χ0) is 20.0. The van der Waals surface area contributed by atoms with Crippen molar-refractivity contribution in [3.8, 4) is 0 Å². The van der Waals surface area contributed by atoms with E-state index in [0.717, 1.165) is 0 Å². The first kappa shape index (κ1) is 21.2. The fourth-order valence-corrected chi connectivity index (χ4v) is 3.48. The normalized spacial score (nSPS) is 11.8. The molecular weight excluding hydrogens is 439 g/mol. The van der Waals surface area contributed by atoms with Gasteiger partial charge in [-0.15, -0.1) is 0 Å². The SMILES string of the molecule is COP(=O)(C/C=C/Cn1cc(Br)c(=O)n(C(=O)c2ccccc2)c1=O)OC. The number of halogens is 1. The summed E-state index contributed by atoms with van der Waals surface area (Å²) in [6.45, 7) is 0.0627. The molecule has 0 aliphatic rings. The van der Waals surface area contributed by atoms with E-state index in [0.29, 0.717) is 4.57 Å². The molecule has 0 spiro atoms. The number of aromatic nitrogens is 2. The van der Waals surface area contributed by atoms with Gasteiger partial charge in [-0.05, 0) is 28.1 Å². The fraction of sp³-hybridized carbons (Fsp3) is 0.235. The van der Waals surface area contributed by atoms with Gasteiger partial charge in [0, 0.05) is 32.5 Å². The van der Waals surface area contributed by atoms with E-state index in [2.05, 4.69) is 15.9 Å². The molecule has 1 heterocycles. The molecule has 0 aliphatic carbocycles. The largest absolute Gasteiger partial charge is 0.338 e. The third kappa shape index (κ3) is 5.01. The Labute approximate surface area is 163 Å². The van der Waals surface area contributed by atoms with Gasteiger partial charge in [-0.1, -0.05) is 30.4 Å². The zero-order valence-corrected chi connectivity index (χ0v) is 17.2. The monoisotopic (exact) mass is 456 g/mol. The van der Waals surface area contributed by atoms with Crippen molar-refractivity contribution in [2.75, 3.05) is 20.4 Å². The molecule has 27 heavy (non-hydrogen) atoms. The first-order valence-corrected chi connectivity index (χ1v) is 10.3. The summed E-state index contributed by atoms with van der Waals surface area (Å²) < 4.78 is 23.4. The van der Waals surface area contributed by atoms with Crippen molar-refractivity contribution < 1.29 is 18.4 Å². The molecule has 2 aromatic rings. The molecule has 0 saturated carbocycles. The molecule has 2 rings (SSSR count). The second-order valence-corrected chi connectivity index (χ2v) is 8.53. The molecule has 0 unspecified atom stereocenters. The second kappa shape index (κ2) is 9.23. The van der Waals surface area contributed by atoms with Gasteiger partial charge in [0.1, 0.15) is 0 Å². The maximum absolute atomic E-state index is 12.6. The summed E-state index contributed by atoms with van der Waals surface area (Å²) in [7, 11) is -0.625. The van der Waals surface area contributed by atoms with Crippen LogP contribution < -0.4 is 11.2 Å². The topological polar surface area (TPSA) is 96.6 Å². The first-order valence-electron chi connectivity index (χ1n) is 7.80. The van der Waals surface area contributed by atoms with Crippen LogP contribution in [0.2, 0.25) is 0 Å². The lowest BCUT2D eigenvalue weighted by Gasteiger charge is -2.11. The van der Waals surface area contributed by atoms with Crippen LogP contribution in [0.25, 0.3) is 0 Å². The Kier molecular flexibility index (Phi) is 7.26. The van der Waals surface area contributed by atoms with Crippen LogP contribution in [0, 0.1) is 0 Å². The zero-order valence-electron chi connectivity index (χ0n) is 14.7. The van der Waals surface area contributed by atoms with Gasteiger partial charge in [-0.2, -0.15) is 4.57 Å². The fourth-order valence-electron chi connectivity index (χ4n) is 2.20. The van der Waals surface area contributed by atoms with Gasteiger partial charge >= 0.3 is 13.3 Å². The number of benzene rings is 1. The van der Waals surface area contributed by atoms with Crippen molar-refractivity contribution in [2.24, 2.45) is 0 Å². The van der Waals surface area contributed by atoms with Crippen LogP contribution in [0.1, 0.15) is 10.4 Å². The van der Waals surface area contributed by atoms with E-state index in [1.165, 1.54) is 37.1 Å². The van der Waals surface area contributed by atoms with Crippen molar-refractivity contribution in [2.45, 2.75) is 6.54 Å². The molecule has 10 heteroatoms. The summed E-state index contributed by atoms with van der Waals surface area (Å²) >= 11 is 3.08. The van der Waals surface area contributed by atoms with Gasteiger partial charge in [0.15, 0.2) is 0 Å². The smallest absolute Gasteiger partial charge is 0.312 e. The molecule has 0 amide bonds. The number of hydrogen-bond donors (Lipinski definition) is 0. The summed E-state index contributed by atoms with van der Waals surface area (Å²) in [6.07, 6.45) is 4.44. The van der Waals surface area contributed by atoms with Gasteiger partial charge in [-0.25, -0.2) is 4.79 Å². The van der Waals surface area contributed by atoms with Gasteiger partial charge in [-0.3, -0.25) is 18.7 Å². The Morgan fingerprint density at radius 1 is 1.15 bits per heavy atom. The molecule has 0 atom stereocenters. The molecule has 0 radical (unpaired) electrons. The third-order valence-electron chi connectivity index (χ3n) is 3.69. The van der Waals surface area contributed by atoms with Gasteiger partial charge < -0.3 is 9.05 Å². The van der Waals surface area contributed by atoms with E-state index in [1.54, 1.807) is 30.4 Å². The minimum Gasteiger partial charge on any atom is -0.312 e. The number of rotatable bonds is 7. The van der Waals surface area contributed by atoms with E-state index in [9.17, 15) is 18.9 Å². The van der Waals surface area contributed by atoms with E-state index >= 15 is 0 Å². The number of carbonyl (C=O) groups is 1. The third-order valence-corrected chi connectivity index (χ3v) is 6.01. The lowest BCUT2D eigenvalue weighted by molar-refractivity contribution is 0.0948. The summed E-state index contributed by atoms with van der Waals surface area (Å²) in [4.78, 5) is 37.5.